The van der Waals surface area contributed by atoms with E-state index >= 15 is 0 Å². The average Bonchev–Trinajstić information content (AvgIpc) is 2.55. The van der Waals surface area contributed by atoms with Crippen molar-refractivity contribution in [2.75, 3.05) is 13.1 Å². The SMILES string of the molecule is CCC(CC)NC(=O)CNC(=O)CNC(=O)c1ccc(Cl)cc1Cl. The van der Waals surface area contributed by atoms with E-state index < -0.39 is 11.8 Å². The zero-order valence-corrected chi connectivity index (χ0v) is 15.1. The Balaban J connectivity index is 2.38. The van der Waals surface area contributed by atoms with Gasteiger partial charge in [0.1, 0.15) is 0 Å². The Morgan fingerprint density at radius 1 is 1.00 bits per heavy atom. The van der Waals surface area contributed by atoms with Crippen molar-refractivity contribution in [3.8, 4) is 0 Å². The molecule has 1 aromatic rings. The number of hydrogen-bond acceptors (Lipinski definition) is 3. The molecule has 132 valence electrons. The van der Waals surface area contributed by atoms with Crippen LogP contribution < -0.4 is 16.0 Å². The first-order valence-corrected chi connectivity index (χ1v) is 8.42. The van der Waals surface area contributed by atoms with E-state index in [1.165, 1.54) is 18.2 Å². The van der Waals surface area contributed by atoms with Crippen molar-refractivity contribution < 1.29 is 14.4 Å². The van der Waals surface area contributed by atoms with Crippen LogP contribution in [0.1, 0.15) is 37.0 Å². The van der Waals surface area contributed by atoms with Crippen molar-refractivity contribution in [2.24, 2.45) is 0 Å². The minimum Gasteiger partial charge on any atom is -0.352 e. The summed E-state index contributed by atoms with van der Waals surface area (Å²) in [7, 11) is 0. The number of carbonyl (C=O) groups excluding carboxylic acids is 3. The monoisotopic (exact) mass is 373 g/mol. The van der Waals surface area contributed by atoms with Crippen molar-refractivity contribution in [3.05, 3.63) is 33.8 Å². The summed E-state index contributed by atoms with van der Waals surface area (Å²) < 4.78 is 0. The summed E-state index contributed by atoms with van der Waals surface area (Å²) in [6, 6.07) is 4.55. The van der Waals surface area contributed by atoms with E-state index in [0.717, 1.165) is 12.8 Å². The average molecular weight is 374 g/mol. The molecular weight excluding hydrogens is 353 g/mol. The molecular formula is C16H21Cl2N3O3. The van der Waals surface area contributed by atoms with Gasteiger partial charge in [0.15, 0.2) is 0 Å². The van der Waals surface area contributed by atoms with Crippen LogP contribution in [0.2, 0.25) is 10.0 Å². The predicted octanol–water partition coefficient (Wildman–Crippen LogP) is 2.14. The van der Waals surface area contributed by atoms with Gasteiger partial charge in [-0.15, -0.1) is 0 Å². The van der Waals surface area contributed by atoms with Gasteiger partial charge in [-0.05, 0) is 31.0 Å². The number of amides is 3. The van der Waals surface area contributed by atoms with Gasteiger partial charge in [0.05, 0.1) is 23.7 Å². The molecule has 3 N–H and O–H groups in total. The molecule has 1 rings (SSSR count). The van der Waals surface area contributed by atoms with Gasteiger partial charge in [0, 0.05) is 11.1 Å². The summed E-state index contributed by atoms with van der Waals surface area (Å²) >= 11 is 11.7. The maximum Gasteiger partial charge on any atom is 0.253 e. The summed E-state index contributed by atoms with van der Waals surface area (Å²) in [4.78, 5) is 35.3. The highest BCUT2D eigenvalue weighted by Gasteiger charge is 2.13. The molecule has 3 amide bonds. The van der Waals surface area contributed by atoms with Crippen LogP contribution in [0.25, 0.3) is 0 Å². The molecule has 0 saturated carbocycles. The van der Waals surface area contributed by atoms with E-state index in [4.69, 9.17) is 23.2 Å². The van der Waals surface area contributed by atoms with E-state index in [9.17, 15) is 14.4 Å². The van der Waals surface area contributed by atoms with E-state index in [1.807, 2.05) is 13.8 Å². The third-order valence-corrected chi connectivity index (χ3v) is 3.93. The number of rotatable bonds is 8. The molecule has 0 aliphatic rings. The zero-order valence-electron chi connectivity index (χ0n) is 13.6. The number of halogens is 2. The second-order valence-corrected chi connectivity index (χ2v) is 6.01. The van der Waals surface area contributed by atoms with Crippen molar-refractivity contribution in [2.45, 2.75) is 32.7 Å². The Hall–Kier alpha value is -1.79. The van der Waals surface area contributed by atoms with E-state index in [0.29, 0.717) is 5.02 Å². The fourth-order valence-corrected chi connectivity index (χ4v) is 2.44. The Bertz CT molecular complexity index is 604. The molecule has 8 heteroatoms. The first-order chi connectivity index (χ1) is 11.4. The molecule has 0 bridgehead atoms. The molecule has 0 unspecified atom stereocenters. The maximum absolute atomic E-state index is 11.9. The lowest BCUT2D eigenvalue weighted by Gasteiger charge is -2.15. The first kappa shape index (κ1) is 20.3. The zero-order chi connectivity index (χ0) is 18.1. The lowest BCUT2D eigenvalue weighted by Crippen LogP contribution is -2.44. The van der Waals surface area contributed by atoms with Gasteiger partial charge < -0.3 is 16.0 Å². The van der Waals surface area contributed by atoms with E-state index in [-0.39, 0.29) is 35.6 Å². The molecule has 0 saturated heterocycles. The van der Waals surface area contributed by atoms with Crippen LogP contribution in [0.5, 0.6) is 0 Å². The van der Waals surface area contributed by atoms with Gasteiger partial charge in [-0.3, -0.25) is 14.4 Å². The number of hydrogen-bond donors (Lipinski definition) is 3. The van der Waals surface area contributed by atoms with Crippen LogP contribution in [-0.4, -0.2) is 36.9 Å². The molecule has 0 heterocycles. The lowest BCUT2D eigenvalue weighted by molar-refractivity contribution is -0.126. The molecule has 6 nitrogen and oxygen atoms in total. The fraction of sp³-hybridized carbons (Fsp3) is 0.438. The molecule has 0 atom stereocenters. The van der Waals surface area contributed by atoms with Crippen molar-refractivity contribution in [3.63, 3.8) is 0 Å². The highest BCUT2D eigenvalue weighted by Crippen LogP contribution is 2.20. The second-order valence-electron chi connectivity index (χ2n) is 5.16. The number of nitrogens with one attached hydrogen (secondary N) is 3. The quantitative estimate of drug-likeness (QED) is 0.652. The summed E-state index contributed by atoms with van der Waals surface area (Å²) in [6.45, 7) is 3.57. The molecule has 0 spiro atoms. The van der Waals surface area contributed by atoms with E-state index in [1.54, 1.807) is 0 Å². The minimum atomic E-state index is -0.492. The molecule has 24 heavy (non-hydrogen) atoms. The highest BCUT2D eigenvalue weighted by molar-refractivity contribution is 6.36. The topological polar surface area (TPSA) is 87.3 Å². The Morgan fingerprint density at radius 3 is 2.21 bits per heavy atom. The highest BCUT2D eigenvalue weighted by atomic mass is 35.5. The smallest absolute Gasteiger partial charge is 0.253 e. The van der Waals surface area contributed by atoms with Gasteiger partial charge in [-0.1, -0.05) is 37.0 Å². The minimum absolute atomic E-state index is 0.0983. The van der Waals surface area contributed by atoms with Crippen molar-refractivity contribution in [1.29, 1.82) is 0 Å². The van der Waals surface area contributed by atoms with Crippen molar-refractivity contribution in [1.82, 2.24) is 16.0 Å². The van der Waals surface area contributed by atoms with Gasteiger partial charge in [-0.2, -0.15) is 0 Å². The van der Waals surface area contributed by atoms with Crippen LogP contribution in [0.15, 0.2) is 18.2 Å². The summed E-state index contributed by atoms with van der Waals surface area (Å²) in [6.07, 6.45) is 1.65. The van der Waals surface area contributed by atoms with Crippen molar-refractivity contribution >= 4 is 40.9 Å². The standard InChI is InChI=1S/C16H21Cl2N3O3/c1-3-11(4-2)21-15(23)9-19-14(22)8-20-16(24)12-6-5-10(17)7-13(12)18/h5-7,11H,3-4,8-9H2,1-2H3,(H,19,22)(H,20,24)(H,21,23). The molecule has 0 aromatic heterocycles. The van der Waals surface area contributed by atoms with Gasteiger partial charge >= 0.3 is 0 Å². The Labute approximate surface area is 151 Å². The largest absolute Gasteiger partial charge is 0.352 e. The van der Waals surface area contributed by atoms with Crippen LogP contribution >= 0.6 is 23.2 Å². The molecule has 1 aromatic carbocycles. The summed E-state index contributed by atoms with van der Waals surface area (Å²) in [5.74, 6) is -1.22. The van der Waals surface area contributed by atoms with Crippen LogP contribution in [0.3, 0.4) is 0 Å². The third-order valence-electron chi connectivity index (χ3n) is 3.38. The first-order valence-electron chi connectivity index (χ1n) is 7.66. The van der Waals surface area contributed by atoms with E-state index in [2.05, 4.69) is 16.0 Å². The molecule has 0 fully saturated rings. The van der Waals surface area contributed by atoms with Crippen LogP contribution in [-0.2, 0) is 9.59 Å². The predicted molar refractivity (Wildman–Crippen MR) is 94.3 cm³/mol. The molecule has 0 aliphatic carbocycles. The van der Waals surface area contributed by atoms with Crippen LogP contribution in [0, 0.1) is 0 Å². The lowest BCUT2D eigenvalue weighted by atomic mass is 10.2. The van der Waals surface area contributed by atoms with Gasteiger partial charge in [-0.25, -0.2) is 0 Å². The Kier molecular flexibility index (Phi) is 8.57. The number of benzene rings is 1. The van der Waals surface area contributed by atoms with Crippen LogP contribution in [0.4, 0.5) is 0 Å². The molecule has 0 radical (unpaired) electrons. The second kappa shape index (κ2) is 10.2. The maximum atomic E-state index is 11.9. The Morgan fingerprint density at radius 2 is 1.62 bits per heavy atom. The van der Waals surface area contributed by atoms with Gasteiger partial charge in [0.2, 0.25) is 11.8 Å². The van der Waals surface area contributed by atoms with Gasteiger partial charge in [0.25, 0.3) is 5.91 Å². The third kappa shape index (κ3) is 6.76. The normalized spacial score (nSPS) is 10.4. The fourth-order valence-electron chi connectivity index (χ4n) is 1.94. The summed E-state index contributed by atoms with van der Waals surface area (Å²) in [5.41, 5.74) is 0.223. The summed E-state index contributed by atoms with van der Waals surface area (Å²) in [5, 5.41) is 8.30. The molecule has 0 aliphatic heterocycles. The number of carbonyl (C=O) groups is 3.